The van der Waals surface area contributed by atoms with Crippen molar-refractivity contribution in [1.82, 2.24) is 15.1 Å². The lowest BCUT2D eigenvalue weighted by atomic mass is 9.99. The fraction of sp³-hybridized carbons (Fsp3) is 0.471. The van der Waals surface area contributed by atoms with Crippen LogP contribution in [0.5, 0.6) is 0 Å². The van der Waals surface area contributed by atoms with Crippen molar-refractivity contribution in [1.29, 1.82) is 0 Å². The van der Waals surface area contributed by atoms with E-state index in [1.807, 2.05) is 4.68 Å². The summed E-state index contributed by atoms with van der Waals surface area (Å²) < 4.78 is 3.14. The van der Waals surface area contributed by atoms with Gasteiger partial charge in [0, 0.05) is 22.3 Å². The highest BCUT2D eigenvalue weighted by Crippen LogP contribution is 2.25. The third kappa shape index (κ3) is 3.74. The molecule has 1 atom stereocenters. The van der Waals surface area contributed by atoms with Gasteiger partial charge in [-0.2, -0.15) is 5.10 Å². The first-order chi connectivity index (χ1) is 10.0. The zero-order valence-corrected chi connectivity index (χ0v) is 14.9. The number of nitrogens with zero attached hydrogens (tertiary/aromatic N) is 2. The molecule has 1 unspecified atom stereocenters. The standard InChI is InChI=1S/C17H24BrN3/c1-5-10-19-11-12(2)17-13(3)20-21(14(17)4)16-8-6-15(18)7-9-16/h6-9,12,19H,5,10-11H2,1-4H3. The summed E-state index contributed by atoms with van der Waals surface area (Å²) in [4.78, 5) is 0. The minimum absolute atomic E-state index is 0.473. The molecule has 2 aromatic rings. The Kier molecular flexibility index (Phi) is 5.59. The van der Waals surface area contributed by atoms with Gasteiger partial charge in [0.25, 0.3) is 0 Å². The van der Waals surface area contributed by atoms with E-state index < -0.39 is 0 Å². The molecule has 0 bridgehead atoms. The van der Waals surface area contributed by atoms with Crippen LogP contribution in [0.4, 0.5) is 0 Å². The Morgan fingerprint density at radius 3 is 2.52 bits per heavy atom. The highest BCUT2D eigenvalue weighted by atomic mass is 79.9. The topological polar surface area (TPSA) is 29.9 Å². The van der Waals surface area contributed by atoms with Gasteiger partial charge in [-0.3, -0.25) is 0 Å². The summed E-state index contributed by atoms with van der Waals surface area (Å²) in [6, 6.07) is 8.29. The summed E-state index contributed by atoms with van der Waals surface area (Å²) in [5.74, 6) is 0.473. The average Bonchev–Trinajstić information content (AvgIpc) is 2.75. The van der Waals surface area contributed by atoms with E-state index in [0.717, 1.165) is 28.9 Å². The van der Waals surface area contributed by atoms with Gasteiger partial charge in [-0.15, -0.1) is 0 Å². The summed E-state index contributed by atoms with van der Waals surface area (Å²) in [7, 11) is 0. The Labute approximate surface area is 135 Å². The van der Waals surface area contributed by atoms with Gasteiger partial charge in [-0.25, -0.2) is 4.68 Å². The first-order valence-corrected chi connectivity index (χ1v) is 8.36. The van der Waals surface area contributed by atoms with E-state index in [9.17, 15) is 0 Å². The van der Waals surface area contributed by atoms with E-state index in [4.69, 9.17) is 5.10 Å². The van der Waals surface area contributed by atoms with Crippen LogP contribution in [0, 0.1) is 13.8 Å². The van der Waals surface area contributed by atoms with Crippen LogP contribution in [0.1, 0.15) is 43.1 Å². The van der Waals surface area contributed by atoms with E-state index in [0.29, 0.717) is 5.92 Å². The Morgan fingerprint density at radius 1 is 1.24 bits per heavy atom. The van der Waals surface area contributed by atoms with Crippen molar-refractivity contribution in [2.45, 2.75) is 40.0 Å². The van der Waals surface area contributed by atoms with Gasteiger partial charge in [-0.05, 0) is 57.0 Å². The molecule has 1 heterocycles. The molecule has 4 heteroatoms. The monoisotopic (exact) mass is 349 g/mol. The van der Waals surface area contributed by atoms with Crippen molar-refractivity contribution >= 4 is 15.9 Å². The zero-order valence-electron chi connectivity index (χ0n) is 13.3. The third-order valence-corrected chi connectivity index (χ3v) is 4.32. The lowest BCUT2D eigenvalue weighted by Gasteiger charge is -2.13. The van der Waals surface area contributed by atoms with E-state index in [1.54, 1.807) is 0 Å². The molecule has 0 saturated carbocycles. The second-order valence-corrected chi connectivity index (χ2v) is 6.49. The van der Waals surface area contributed by atoms with Crippen LogP contribution in [0.15, 0.2) is 28.7 Å². The maximum atomic E-state index is 4.73. The van der Waals surface area contributed by atoms with Crippen molar-refractivity contribution in [3.05, 3.63) is 45.7 Å². The minimum atomic E-state index is 0.473. The average molecular weight is 350 g/mol. The van der Waals surface area contributed by atoms with Gasteiger partial charge < -0.3 is 5.32 Å². The molecule has 0 saturated heterocycles. The molecule has 0 fully saturated rings. The maximum absolute atomic E-state index is 4.73. The molecule has 0 radical (unpaired) electrons. The minimum Gasteiger partial charge on any atom is -0.316 e. The van der Waals surface area contributed by atoms with E-state index >= 15 is 0 Å². The first kappa shape index (κ1) is 16.2. The molecule has 114 valence electrons. The van der Waals surface area contributed by atoms with Gasteiger partial charge in [-0.1, -0.05) is 29.8 Å². The summed E-state index contributed by atoms with van der Waals surface area (Å²) in [5, 5.41) is 8.23. The maximum Gasteiger partial charge on any atom is 0.0649 e. The number of hydrogen-bond acceptors (Lipinski definition) is 2. The quantitative estimate of drug-likeness (QED) is 0.785. The van der Waals surface area contributed by atoms with Gasteiger partial charge in [0.2, 0.25) is 0 Å². The molecule has 3 nitrogen and oxygen atoms in total. The summed E-state index contributed by atoms with van der Waals surface area (Å²) in [5.41, 5.74) is 4.84. The smallest absolute Gasteiger partial charge is 0.0649 e. The normalized spacial score (nSPS) is 12.6. The van der Waals surface area contributed by atoms with Crippen molar-refractivity contribution in [2.75, 3.05) is 13.1 Å². The molecular formula is C17H24BrN3. The fourth-order valence-electron chi connectivity index (χ4n) is 2.80. The summed E-state index contributed by atoms with van der Waals surface area (Å²) in [6.45, 7) is 10.8. The molecule has 21 heavy (non-hydrogen) atoms. The lowest BCUT2D eigenvalue weighted by Crippen LogP contribution is -2.21. The zero-order chi connectivity index (χ0) is 15.4. The second kappa shape index (κ2) is 7.23. The number of aromatic nitrogens is 2. The summed E-state index contributed by atoms with van der Waals surface area (Å²) >= 11 is 3.48. The number of nitrogens with one attached hydrogen (secondary N) is 1. The van der Waals surface area contributed by atoms with Crippen LogP contribution >= 0.6 is 15.9 Å². The molecule has 0 aliphatic heterocycles. The molecular weight excluding hydrogens is 326 g/mol. The van der Waals surface area contributed by atoms with Crippen LogP contribution in [-0.4, -0.2) is 22.9 Å². The number of halogens is 1. The predicted octanol–water partition coefficient (Wildman–Crippen LogP) is 4.35. The molecule has 1 N–H and O–H groups in total. The van der Waals surface area contributed by atoms with E-state index in [2.05, 4.69) is 73.2 Å². The summed E-state index contributed by atoms with van der Waals surface area (Å²) in [6.07, 6.45) is 1.17. The van der Waals surface area contributed by atoms with Gasteiger partial charge in [0.05, 0.1) is 11.4 Å². The molecule has 0 aliphatic rings. The molecule has 0 aliphatic carbocycles. The van der Waals surface area contributed by atoms with Crippen LogP contribution in [0.3, 0.4) is 0 Å². The second-order valence-electron chi connectivity index (χ2n) is 5.58. The van der Waals surface area contributed by atoms with Crippen LogP contribution in [0.25, 0.3) is 5.69 Å². The van der Waals surface area contributed by atoms with Gasteiger partial charge in [0.15, 0.2) is 0 Å². The van der Waals surface area contributed by atoms with Crippen LogP contribution in [0.2, 0.25) is 0 Å². The molecule has 1 aromatic heterocycles. The number of rotatable bonds is 6. The van der Waals surface area contributed by atoms with E-state index in [-0.39, 0.29) is 0 Å². The molecule has 2 rings (SSSR count). The van der Waals surface area contributed by atoms with Gasteiger partial charge >= 0.3 is 0 Å². The largest absolute Gasteiger partial charge is 0.316 e. The third-order valence-electron chi connectivity index (χ3n) is 3.79. The van der Waals surface area contributed by atoms with Crippen LogP contribution < -0.4 is 5.32 Å². The first-order valence-electron chi connectivity index (χ1n) is 7.57. The van der Waals surface area contributed by atoms with E-state index in [1.165, 1.54) is 17.7 Å². The Bertz CT molecular complexity index is 587. The highest BCUT2D eigenvalue weighted by Gasteiger charge is 2.17. The Morgan fingerprint density at radius 2 is 1.90 bits per heavy atom. The SMILES string of the molecule is CCCNCC(C)c1c(C)nn(-c2ccc(Br)cc2)c1C. The molecule has 0 spiro atoms. The van der Waals surface area contributed by atoms with Gasteiger partial charge in [0.1, 0.15) is 0 Å². The van der Waals surface area contributed by atoms with Crippen molar-refractivity contribution < 1.29 is 0 Å². The highest BCUT2D eigenvalue weighted by molar-refractivity contribution is 9.10. The van der Waals surface area contributed by atoms with Crippen molar-refractivity contribution in [3.63, 3.8) is 0 Å². The predicted molar refractivity (Wildman–Crippen MR) is 92.3 cm³/mol. The molecule has 0 amide bonds. The van der Waals surface area contributed by atoms with Crippen molar-refractivity contribution in [3.8, 4) is 5.69 Å². The van der Waals surface area contributed by atoms with Crippen molar-refractivity contribution in [2.24, 2.45) is 0 Å². The lowest BCUT2D eigenvalue weighted by molar-refractivity contribution is 0.605. The fourth-order valence-corrected chi connectivity index (χ4v) is 3.06. The number of aryl methyl sites for hydroxylation is 1. The number of benzene rings is 1. The Balaban J connectivity index is 2.26. The Hall–Kier alpha value is -1.13. The number of hydrogen-bond donors (Lipinski definition) is 1. The van der Waals surface area contributed by atoms with Crippen LogP contribution in [-0.2, 0) is 0 Å². The molecule has 1 aromatic carbocycles.